The quantitative estimate of drug-likeness (QED) is 0.844. The summed E-state index contributed by atoms with van der Waals surface area (Å²) in [5.41, 5.74) is 5.90. The van der Waals surface area contributed by atoms with Gasteiger partial charge < -0.3 is 5.73 Å². The van der Waals surface area contributed by atoms with E-state index in [4.69, 9.17) is 17.3 Å². The van der Waals surface area contributed by atoms with Gasteiger partial charge in [0, 0.05) is 14.8 Å². The highest BCUT2D eigenvalue weighted by Crippen LogP contribution is 2.27. The number of halogens is 1. The Morgan fingerprint density at radius 1 is 1.30 bits per heavy atom. The predicted molar refractivity (Wildman–Crippen MR) is 83.7 cm³/mol. The van der Waals surface area contributed by atoms with Gasteiger partial charge >= 0.3 is 0 Å². The first-order valence-electron chi connectivity index (χ1n) is 5.93. The van der Waals surface area contributed by atoms with E-state index in [0.29, 0.717) is 5.02 Å². The van der Waals surface area contributed by atoms with Crippen molar-refractivity contribution >= 4 is 38.6 Å². The molecule has 0 aliphatic heterocycles. The zero-order valence-electron chi connectivity index (χ0n) is 11.1. The van der Waals surface area contributed by atoms with Crippen LogP contribution in [0, 0.1) is 6.92 Å². The number of nitrogens with one attached hydrogen (secondary N) is 1. The molecule has 108 valence electrons. The van der Waals surface area contributed by atoms with E-state index in [1.165, 1.54) is 12.1 Å². The van der Waals surface area contributed by atoms with Crippen molar-refractivity contribution in [3.05, 3.63) is 45.1 Å². The number of nitrogens with two attached hydrogens (primary N) is 1. The first-order chi connectivity index (χ1) is 9.29. The molecule has 1 unspecified atom stereocenters. The van der Waals surface area contributed by atoms with E-state index in [-0.39, 0.29) is 16.6 Å². The molecule has 0 radical (unpaired) electrons. The molecule has 0 aliphatic rings. The fourth-order valence-electron chi connectivity index (χ4n) is 1.78. The van der Waals surface area contributed by atoms with Crippen molar-refractivity contribution in [3.8, 4) is 0 Å². The Hall–Kier alpha value is -1.08. The Bertz CT molecular complexity index is 726. The molecule has 0 amide bonds. The van der Waals surface area contributed by atoms with Gasteiger partial charge in [0.1, 0.15) is 4.90 Å². The Morgan fingerprint density at radius 3 is 2.60 bits per heavy atom. The van der Waals surface area contributed by atoms with E-state index >= 15 is 0 Å². The zero-order valence-corrected chi connectivity index (χ0v) is 13.4. The van der Waals surface area contributed by atoms with Crippen LogP contribution in [0.25, 0.3) is 0 Å². The van der Waals surface area contributed by atoms with E-state index in [2.05, 4.69) is 4.72 Å². The maximum atomic E-state index is 12.4. The molecule has 7 heteroatoms. The first kappa shape index (κ1) is 15.3. The van der Waals surface area contributed by atoms with Gasteiger partial charge in [-0.15, -0.1) is 11.3 Å². The topological polar surface area (TPSA) is 72.2 Å². The minimum atomic E-state index is -3.70. The van der Waals surface area contributed by atoms with Crippen molar-refractivity contribution < 1.29 is 8.42 Å². The van der Waals surface area contributed by atoms with E-state index < -0.39 is 10.0 Å². The summed E-state index contributed by atoms with van der Waals surface area (Å²) in [6, 6.07) is 7.94. The highest BCUT2D eigenvalue weighted by atomic mass is 35.5. The van der Waals surface area contributed by atoms with Gasteiger partial charge in [-0.25, -0.2) is 13.1 Å². The van der Waals surface area contributed by atoms with Crippen molar-refractivity contribution in [2.24, 2.45) is 0 Å². The summed E-state index contributed by atoms with van der Waals surface area (Å²) in [7, 11) is -3.70. The van der Waals surface area contributed by atoms with Crippen LogP contribution in [0.5, 0.6) is 0 Å². The van der Waals surface area contributed by atoms with Gasteiger partial charge in [-0.2, -0.15) is 0 Å². The number of benzene rings is 1. The van der Waals surface area contributed by atoms with E-state index in [9.17, 15) is 8.42 Å². The molecule has 1 atom stereocenters. The second kappa shape index (κ2) is 5.73. The Labute approximate surface area is 127 Å². The minimum Gasteiger partial charge on any atom is -0.398 e. The molecular formula is C13H15ClN2O2S2. The van der Waals surface area contributed by atoms with E-state index in [1.54, 1.807) is 24.3 Å². The SMILES string of the molecule is Cc1ccc(C(C)NS(=O)(=O)c2cc(Cl)ccc2N)s1. The predicted octanol–water partition coefficient (Wildman–Crippen LogP) is 3.33. The van der Waals surface area contributed by atoms with E-state index in [1.807, 2.05) is 19.1 Å². The van der Waals surface area contributed by atoms with Gasteiger partial charge in [-0.1, -0.05) is 11.6 Å². The highest BCUT2D eigenvalue weighted by molar-refractivity contribution is 7.89. The number of hydrogen-bond donors (Lipinski definition) is 2. The van der Waals surface area contributed by atoms with Crippen LogP contribution in [-0.4, -0.2) is 8.42 Å². The van der Waals surface area contributed by atoms with Crippen molar-refractivity contribution in [3.63, 3.8) is 0 Å². The average Bonchev–Trinajstić information content (AvgIpc) is 2.78. The Morgan fingerprint density at radius 2 is 2.00 bits per heavy atom. The smallest absolute Gasteiger partial charge is 0.243 e. The van der Waals surface area contributed by atoms with Gasteiger partial charge in [-0.3, -0.25) is 0 Å². The third-order valence-corrected chi connectivity index (χ3v) is 5.80. The summed E-state index contributed by atoms with van der Waals surface area (Å²) in [6.07, 6.45) is 0. The molecule has 3 N–H and O–H groups in total. The molecule has 1 heterocycles. The second-order valence-corrected chi connectivity index (χ2v) is 7.91. The highest BCUT2D eigenvalue weighted by Gasteiger charge is 2.21. The lowest BCUT2D eigenvalue weighted by Gasteiger charge is -2.14. The Balaban J connectivity index is 2.29. The summed E-state index contributed by atoms with van der Waals surface area (Å²) in [5.74, 6) is 0. The summed E-state index contributed by atoms with van der Waals surface area (Å²) < 4.78 is 27.3. The number of aryl methyl sites for hydroxylation is 1. The maximum Gasteiger partial charge on any atom is 0.243 e. The summed E-state index contributed by atoms with van der Waals surface area (Å²) >= 11 is 7.39. The number of anilines is 1. The van der Waals surface area contributed by atoms with Crippen LogP contribution >= 0.6 is 22.9 Å². The number of rotatable bonds is 4. The molecule has 0 fully saturated rings. The van der Waals surface area contributed by atoms with E-state index in [0.717, 1.165) is 9.75 Å². The molecule has 0 bridgehead atoms. The number of thiophene rings is 1. The molecule has 1 aromatic carbocycles. The van der Waals surface area contributed by atoms with Crippen molar-refractivity contribution in [1.82, 2.24) is 4.72 Å². The van der Waals surface area contributed by atoms with Gasteiger partial charge in [-0.05, 0) is 44.2 Å². The van der Waals surface area contributed by atoms with Gasteiger partial charge in [0.2, 0.25) is 10.0 Å². The van der Waals surface area contributed by atoms with Crippen LogP contribution in [0.1, 0.15) is 22.7 Å². The average molecular weight is 331 g/mol. The van der Waals surface area contributed by atoms with Crippen LogP contribution in [0.4, 0.5) is 5.69 Å². The number of nitrogen functional groups attached to an aromatic ring is 1. The minimum absolute atomic E-state index is 0.00475. The van der Waals surface area contributed by atoms with Crippen LogP contribution in [0.3, 0.4) is 0 Å². The standard InChI is InChI=1S/C13H15ClN2O2S2/c1-8-3-6-12(19-8)9(2)16-20(17,18)13-7-10(14)4-5-11(13)15/h3-7,9,16H,15H2,1-2H3. The normalized spacial score (nSPS) is 13.3. The fourth-order valence-corrected chi connectivity index (χ4v) is 4.35. The van der Waals surface area contributed by atoms with Crippen LogP contribution in [0.2, 0.25) is 5.02 Å². The Kier molecular flexibility index (Phi) is 4.39. The van der Waals surface area contributed by atoms with Gasteiger partial charge in [0.15, 0.2) is 0 Å². The third kappa shape index (κ3) is 3.32. The summed E-state index contributed by atoms with van der Waals surface area (Å²) in [6.45, 7) is 3.77. The monoisotopic (exact) mass is 330 g/mol. The molecule has 0 saturated carbocycles. The third-order valence-electron chi connectivity index (χ3n) is 2.78. The molecule has 4 nitrogen and oxygen atoms in total. The maximum absolute atomic E-state index is 12.4. The van der Waals surface area contributed by atoms with Gasteiger partial charge in [0.05, 0.1) is 11.7 Å². The van der Waals surface area contributed by atoms with Crippen molar-refractivity contribution in [2.75, 3.05) is 5.73 Å². The largest absolute Gasteiger partial charge is 0.398 e. The first-order valence-corrected chi connectivity index (χ1v) is 8.61. The molecular weight excluding hydrogens is 316 g/mol. The molecule has 0 saturated heterocycles. The van der Waals surface area contributed by atoms with Gasteiger partial charge in [0.25, 0.3) is 0 Å². The van der Waals surface area contributed by atoms with Crippen molar-refractivity contribution in [2.45, 2.75) is 24.8 Å². The van der Waals surface area contributed by atoms with Crippen LogP contribution in [0.15, 0.2) is 35.2 Å². The molecule has 2 rings (SSSR count). The molecule has 1 aromatic heterocycles. The fraction of sp³-hybridized carbons (Fsp3) is 0.231. The zero-order chi connectivity index (χ0) is 14.9. The number of hydrogen-bond acceptors (Lipinski definition) is 4. The second-order valence-electron chi connectivity index (χ2n) is 4.47. The molecule has 2 aromatic rings. The number of sulfonamides is 1. The van der Waals surface area contributed by atoms with Crippen molar-refractivity contribution in [1.29, 1.82) is 0 Å². The van der Waals surface area contributed by atoms with Crippen LogP contribution < -0.4 is 10.5 Å². The molecule has 0 aliphatic carbocycles. The summed E-state index contributed by atoms with van der Waals surface area (Å²) in [5, 5.41) is 0.333. The molecule has 20 heavy (non-hydrogen) atoms. The van der Waals surface area contributed by atoms with Crippen LogP contribution in [-0.2, 0) is 10.0 Å². The lowest BCUT2D eigenvalue weighted by Crippen LogP contribution is -2.27. The summed E-state index contributed by atoms with van der Waals surface area (Å²) in [4.78, 5) is 2.09. The molecule has 0 spiro atoms. The lowest BCUT2D eigenvalue weighted by atomic mass is 10.3. The lowest BCUT2D eigenvalue weighted by molar-refractivity contribution is 0.569.